The molecule has 0 fully saturated rings. The summed E-state index contributed by atoms with van der Waals surface area (Å²) in [7, 11) is 0. The number of hydrogen-bond donors (Lipinski definition) is 2. The number of anilines is 1. The first-order valence-electron chi connectivity index (χ1n) is 17.0. The molecule has 1 aliphatic heterocycles. The van der Waals surface area contributed by atoms with Gasteiger partial charge in [0, 0.05) is 52.9 Å². The highest BCUT2D eigenvalue weighted by molar-refractivity contribution is 6.31. The van der Waals surface area contributed by atoms with E-state index in [9.17, 15) is 9.59 Å². The molecule has 4 heterocycles. The van der Waals surface area contributed by atoms with Crippen LogP contribution in [0.4, 0.5) is 5.69 Å². The fourth-order valence-corrected chi connectivity index (χ4v) is 6.62. The van der Waals surface area contributed by atoms with Gasteiger partial charge in [0.15, 0.2) is 5.65 Å². The maximum Gasteiger partial charge on any atom is 0.336 e. The molecule has 1 unspecified atom stereocenters. The summed E-state index contributed by atoms with van der Waals surface area (Å²) < 4.78 is 8.12. The highest BCUT2D eigenvalue weighted by Gasteiger charge is 2.39. The van der Waals surface area contributed by atoms with Crippen molar-refractivity contribution in [3.63, 3.8) is 0 Å². The number of fused-ring (bicyclic) bond motifs is 1. The fraction of sp³-hybridized carbons (Fsp3) is 0.275. The van der Waals surface area contributed by atoms with Gasteiger partial charge in [0.1, 0.15) is 11.3 Å². The lowest BCUT2D eigenvalue weighted by Gasteiger charge is -2.33. The number of imidazole rings is 1. The van der Waals surface area contributed by atoms with Crippen molar-refractivity contribution in [1.82, 2.24) is 24.8 Å². The molecular weight excluding hydrogens is 648 g/mol. The Morgan fingerprint density at radius 2 is 1.76 bits per heavy atom. The van der Waals surface area contributed by atoms with Gasteiger partial charge in [0.25, 0.3) is 5.91 Å². The number of halogens is 1. The number of nitrogens with zero attached hydrogens (tertiary/aromatic N) is 4. The van der Waals surface area contributed by atoms with Crippen molar-refractivity contribution in [2.24, 2.45) is 5.92 Å². The average Bonchev–Trinajstić information content (AvgIpc) is 3.49. The molecule has 3 aromatic heterocycles. The van der Waals surface area contributed by atoms with Gasteiger partial charge in [0.05, 0.1) is 30.0 Å². The molecule has 5 aromatic rings. The Morgan fingerprint density at radius 1 is 0.980 bits per heavy atom. The number of unbranched alkanes of at least 4 members (excludes halogenated alkanes) is 1. The minimum absolute atomic E-state index is 0.0658. The highest BCUT2D eigenvalue weighted by Crippen LogP contribution is 2.43. The molecule has 2 aromatic carbocycles. The first-order valence-corrected chi connectivity index (χ1v) is 17.4. The summed E-state index contributed by atoms with van der Waals surface area (Å²) in [6, 6.07) is 22.9. The minimum Gasteiger partial charge on any atom is -0.462 e. The van der Waals surface area contributed by atoms with Crippen LogP contribution in [-0.2, 0) is 27.2 Å². The zero-order valence-corrected chi connectivity index (χ0v) is 29.5. The smallest absolute Gasteiger partial charge is 0.336 e. The molecule has 1 aliphatic rings. The van der Waals surface area contributed by atoms with Gasteiger partial charge < -0.3 is 15.4 Å². The van der Waals surface area contributed by atoms with E-state index in [0.29, 0.717) is 45.2 Å². The summed E-state index contributed by atoms with van der Waals surface area (Å²) >= 11 is 6.76. The SMILES string of the molecule is CCCCc1nc2cccnc2n1-c1ccc(CCOC(=O)C2=C(C(C)C)NC(C)=C(C(=O)Nc3cccnc3)C2c2ccccc2Cl)cc1. The number of nitrogens with one attached hydrogen (secondary N) is 2. The number of rotatable bonds is 12. The minimum atomic E-state index is -0.758. The van der Waals surface area contributed by atoms with Gasteiger partial charge >= 0.3 is 5.97 Å². The van der Waals surface area contributed by atoms with Crippen LogP contribution in [0.2, 0.25) is 5.02 Å². The summed E-state index contributed by atoms with van der Waals surface area (Å²) in [5.74, 6) is -0.697. The van der Waals surface area contributed by atoms with E-state index in [2.05, 4.69) is 44.2 Å². The van der Waals surface area contributed by atoms with Gasteiger partial charge in [-0.15, -0.1) is 0 Å². The van der Waals surface area contributed by atoms with E-state index in [1.807, 2.05) is 63.2 Å². The number of carbonyl (C=O) groups is 2. The van der Waals surface area contributed by atoms with E-state index in [4.69, 9.17) is 21.3 Å². The Labute approximate surface area is 297 Å². The van der Waals surface area contributed by atoms with Crippen LogP contribution in [0, 0.1) is 5.92 Å². The van der Waals surface area contributed by atoms with E-state index < -0.39 is 11.9 Å². The number of carbonyl (C=O) groups excluding carboxylic acids is 2. The monoisotopic (exact) mass is 688 g/mol. The van der Waals surface area contributed by atoms with E-state index in [0.717, 1.165) is 47.5 Å². The van der Waals surface area contributed by atoms with Gasteiger partial charge in [-0.1, -0.05) is 69.1 Å². The van der Waals surface area contributed by atoms with E-state index in [-0.39, 0.29) is 18.4 Å². The zero-order chi connectivity index (χ0) is 35.2. The van der Waals surface area contributed by atoms with Crippen LogP contribution in [-0.4, -0.2) is 38.0 Å². The molecule has 0 spiro atoms. The van der Waals surface area contributed by atoms with Crippen LogP contribution >= 0.6 is 11.6 Å². The molecule has 2 N–H and O–H groups in total. The number of hydrogen-bond acceptors (Lipinski definition) is 7. The highest BCUT2D eigenvalue weighted by atomic mass is 35.5. The largest absolute Gasteiger partial charge is 0.462 e. The van der Waals surface area contributed by atoms with E-state index in [1.165, 1.54) is 0 Å². The third kappa shape index (κ3) is 7.33. The van der Waals surface area contributed by atoms with Crippen molar-refractivity contribution in [3.05, 3.63) is 136 Å². The predicted octanol–water partition coefficient (Wildman–Crippen LogP) is 8.11. The summed E-state index contributed by atoms with van der Waals surface area (Å²) in [6.45, 7) is 8.17. The average molecular weight is 689 g/mol. The fourth-order valence-electron chi connectivity index (χ4n) is 6.38. The molecule has 0 saturated carbocycles. The third-order valence-electron chi connectivity index (χ3n) is 8.83. The summed E-state index contributed by atoms with van der Waals surface area (Å²) in [5.41, 5.74) is 6.98. The Balaban J connectivity index is 1.24. The van der Waals surface area contributed by atoms with Crippen LogP contribution in [0.5, 0.6) is 0 Å². The number of allylic oxidation sites excluding steroid dienone is 2. The van der Waals surface area contributed by atoms with Crippen LogP contribution < -0.4 is 10.6 Å². The van der Waals surface area contributed by atoms with Gasteiger partial charge in [0.2, 0.25) is 0 Å². The second kappa shape index (κ2) is 15.5. The van der Waals surface area contributed by atoms with Gasteiger partial charge in [-0.05, 0) is 72.9 Å². The molecule has 10 heteroatoms. The summed E-state index contributed by atoms with van der Waals surface area (Å²) in [6.07, 6.45) is 8.50. The molecule has 1 amide bonds. The van der Waals surface area contributed by atoms with Crippen LogP contribution in [0.25, 0.3) is 16.9 Å². The number of benzene rings is 2. The molecule has 1 atom stereocenters. The summed E-state index contributed by atoms with van der Waals surface area (Å²) in [5, 5.41) is 6.76. The van der Waals surface area contributed by atoms with Crippen molar-refractivity contribution in [2.75, 3.05) is 11.9 Å². The first-order chi connectivity index (χ1) is 24.3. The van der Waals surface area contributed by atoms with Gasteiger partial charge in [-0.25, -0.2) is 14.8 Å². The summed E-state index contributed by atoms with van der Waals surface area (Å²) in [4.78, 5) is 41.6. The number of aryl methyl sites for hydroxylation is 1. The molecule has 9 nitrogen and oxygen atoms in total. The normalized spacial score (nSPS) is 14.6. The van der Waals surface area contributed by atoms with Crippen LogP contribution in [0.1, 0.15) is 63.4 Å². The lowest BCUT2D eigenvalue weighted by molar-refractivity contribution is -0.139. The third-order valence-corrected chi connectivity index (χ3v) is 9.17. The number of aromatic nitrogens is 4. The quantitative estimate of drug-likeness (QED) is 0.127. The number of esters is 1. The zero-order valence-electron chi connectivity index (χ0n) is 28.7. The predicted molar refractivity (Wildman–Crippen MR) is 197 cm³/mol. The van der Waals surface area contributed by atoms with Crippen molar-refractivity contribution in [3.8, 4) is 5.69 Å². The Kier molecular flexibility index (Phi) is 10.7. The number of pyridine rings is 2. The number of dihydropyridines is 1. The molecule has 0 aliphatic carbocycles. The second-order valence-electron chi connectivity index (χ2n) is 12.7. The number of amides is 1. The first kappa shape index (κ1) is 34.6. The lowest BCUT2D eigenvalue weighted by atomic mass is 9.78. The van der Waals surface area contributed by atoms with Crippen LogP contribution in [0.3, 0.4) is 0 Å². The van der Waals surface area contributed by atoms with Crippen molar-refractivity contribution in [1.29, 1.82) is 0 Å². The molecule has 256 valence electrons. The Morgan fingerprint density at radius 3 is 2.48 bits per heavy atom. The maximum absolute atomic E-state index is 14.1. The second-order valence-corrected chi connectivity index (χ2v) is 13.1. The molecule has 6 rings (SSSR count). The molecule has 50 heavy (non-hydrogen) atoms. The molecular formula is C40H41ClN6O3. The van der Waals surface area contributed by atoms with Gasteiger partial charge in [-0.2, -0.15) is 0 Å². The van der Waals surface area contributed by atoms with Gasteiger partial charge in [-0.3, -0.25) is 14.3 Å². The molecule has 0 radical (unpaired) electrons. The molecule has 0 bridgehead atoms. The number of ether oxygens (including phenoxy) is 1. The van der Waals surface area contributed by atoms with Crippen molar-refractivity contribution < 1.29 is 14.3 Å². The maximum atomic E-state index is 14.1. The topological polar surface area (TPSA) is 111 Å². The Bertz CT molecular complexity index is 2070. The lowest BCUT2D eigenvalue weighted by Crippen LogP contribution is -2.36. The van der Waals surface area contributed by atoms with E-state index in [1.54, 1.807) is 36.8 Å². The van der Waals surface area contributed by atoms with Crippen molar-refractivity contribution >= 4 is 40.3 Å². The van der Waals surface area contributed by atoms with E-state index >= 15 is 0 Å². The molecule has 0 saturated heterocycles. The Hall–Kier alpha value is -5.28. The van der Waals surface area contributed by atoms with Crippen molar-refractivity contribution in [2.45, 2.75) is 59.3 Å². The standard InChI is InChI=1S/C40H41ClN6O3/c1-5-6-15-33-46-32-14-10-22-43-38(32)47(33)29-18-16-27(17-19-29)20-23-50-40(49)36-35(30-12-7-8-13-31(30)41)34(26(4)44-37(36)25(2)3)39(48)45-28-11-9-21-42-24-28/h7-14,16-19,21-22,24-25,35,44H,5-6,15,20,23H2,1-4H3,(H,45,48). The van der Waals surface area contributed by atoms with Crippen LogP contribution in [0.15, 0.2) is 114 Å².